The lowest BCUT2D eigenvalue weighted by Crippen LogP contribution is -2.27. The maximum Gasteiger partial charge on any atom is 0.317 e. The van der Waals surface area contributed by atoms with Crippen LogP contribution in [0.15, 0.2) is 36.4 Å². The van der Waals surface area contributed by atoms with Crippen molar-refractivity contribution in [3.8, 4) is 34.4 Å². The summed E-state index contributed by atoms with van der Waals surface area (Å²) >= 11 is 0. The Morgan fingerprint density at radius 1 is 0.897 bits per heavy atom. The van der Waals surface area contributed by atoms with Crippen LogP contribution >= 0.6 is 0 Å². The van der Waals surface area contributed by atoms with Gasteiger partial charge in [0, 0.05) is 42.0 Å². The van der Waals surface area contributed by atoms with E-state index in [0.29, 0.717) is 50.9 Å². The van der Waals surface area contributed by atoms with Crippen molar-refractivity contribution in [3.63, 3.8) is 0 Å². The number of methoxy groups -OCH3 is 1. The Balaban J connectivity index is 1.66. The van der Waals surface area contributed by atoms with Gasteiger partial charge < -0.3 is 23.7 Å². The van der Waals surface area contributed by atoms with Gasteiger partial charge in [0.05, 0.1) is 19.8 Å². The van der Waals surface area contributed by atoms with E-state index in [1.165, 1.54) is 0 Å². The number of hydrogen-bond donors (Lipinski definition) is 0. The van der Waals surface area contributed by atoms with Gasteiger partial charge in [-0.05, 0) is 25.5 Å². The summed E-state index contributed by atoms with van der Waals surface area (Å²) in [4.78, 5) is 9.28. The van der Waals surface area contributed by atoms with Crippen molar-refractivity contribution in [1.82, 2.24) is 19.7 Å². The summed E-state index contributed by atoms with van der Waals surface area (Å²) in [7, 11) is 0.461. The summed E-state index contributed by atoms with van der Waals surface area (Å²) < 4.78 is 29.7. The SMILES string of the molecule is CCOc1nc(-c2ccc(-c3ccc(OCC(C)(C)COCOC)nc3C)cc2)nn1COCC[Si-](C)(C)C. The van der Waals surface area contributed by atoms with Crippen molar-refractivity contribution >= 4 is 8.07 Å². The summed E-state index contributed by atoms with van der Waals surface area (Å²) in [5.74, 6) is 1.20. The zero-order valence-corrected chi connectivity index (χ0v) is 25.7. The number of aryl methyl sites for hydroxylation is 1. The van der Waals surface area contributed by atoms with Gasteiger partial charge in [0.25, 0.3) is 0 Å². The number of ether oxygens (including phenoxy) is 5. The first-order valence-corrected chi connectivity index (χ1v) is 17.2. The smallest absolute Gasteiger partial charge is 0.317 e. The van der Waals surface area contributed by atoms with E-state index in [2.05, 4.69) is 60.7 Å². The zero-order valence-electron chi connectivity index (χ0n) is 24.7. The van der Waals surface area contributed by atoms with Crippen LogP contribution in [0.1, 0.15) is 26.5 Å². The molecule has 0 spiro atoms. The molecule has 0 bridgehead atoms. The summed E-state index contributed by atoms with van der Waals surface area (Å²) in [5, 5.41) is 4.65. The Labute approximate surface area is 233 Å². The Kier molecular flexibility index (Phi) is 11.1. The summed E-state index contributed by atoms with van der Waals surface area (Å²) in [6.07, 6.45) is 0. The quantitative estimate of drug-likeness (QED) is 0.120. The molecule has 0 fully saturated rings. The standard InChI is InChI=1S/C29H44N4O5Si/c1-9-37-28-31-27(32-33(28)20-35-16-17-39(6,7)8)24-12-10-23(11-13-24)25-14-15-26(30-22(25)2)38-19-29(3,4)18-36-21-34-5/h10-15H,9,16-21H2,1-8H3/q-1. The van der Waals surface area contributed by atoms with E-state index < -0.39 is 8.07 Å². The molecule has 0 aliphatic carbocycles. The summed E-state index contributed by atoms with van der Waals surface area (Å²) in [5.41, 5.74) is 3.74. The molecular weight excluding hydrogens is 512 g/mol. The van der Waals surface area contributed by atoms with Crippen LogP contribution in [0.25, 0.3) is 22.5 Å². The van der Waals surface area contributed by atoms with Crippen molar-refractivity contribution in [2.24, 2.45) is 5.41 Å². The molecule has 3 rings (SSSR count). The maximum atomic E-state index is 5.96. The minimum Gasteiger partial charge on any atom is -0.477 e. The molecule has 0 aliphatic heterocycles. The monoisotopic (exact) mass is 556 g/mol. The molecule has 0 atom stereocenters. The van der Waals surface area contributed by atoms with E-state index in [9.17, 15) is 0 Å². The average molecular weight is 557 g/mol. The number of aromatic nitrogens is 4. The Morgan fingerprint density at radius 2 is 1.62 bits per heavy atom. The van der Waals surface area contributed by atoms with Gasteiger partial charge in [0.15, 0.2) is 5.82 Å². The fraction of sp³-hybridized carbons (Fsp3) is 0.552. The molecule has 1 aromatic carbocycles. The van der Waals surface area contributed by atoms with Gasteiger partial charge in [-0.1, -0.05) is 38.1 Å². The van der Waals surface area contributed by atoms with E-state index in [-0.39, 0.29) is 12.2 Å². The second-order valence-corrected chi connectivity index (χ2v) is 17.2. The Morgan fingerprint density at radius 3 is 2.26 bits per heavy atom. The van der Waals surface area contributed by atoms with Gasteiger partial charge in [-0.2, -0.15) is 29.3 Å². The molecule has 0 radical (unpaired) electrons. The van der Waals surface area contributed by atoms with E-state index in [0.717, 1.165) is 28.4 Å². The number of rotatable bonds is 16. The molecule has 0 aliphatic rings. The molecule has 0 amide bonds. The third kappa shape index (κ3) is 9.72. The molecule has 10 heteroatoms. The van der Waals surface area contributed by atoms with Gasteiger partial charge in [-0.25, -0.2) is 4.98 Å². The molecule has 0 N–H and O–H groups in total. The van der Waals surface area contributed by atoms with Gasteiger partial charge in [-0.3, -0.25) is 0 Å². The van der Waals surface area contributed by atoms with E-state index in [4.69, 9.17) is 23.7 Å². The van der Waals surface area contributed by atoms with E-state index in [1.54, 1.807) is 11.8 Å². The zero-order chi connectivity index (χ0) is 28.5. The van der Waals surface area contributed by atoms with Crippen molar-refractivity contribution < 1.29 is 23.7 Å². The molecule has 0 saturated heterocycles. The lowest BCUT2D eigenvalue weighted by Gasteiger charge is -2.26. The number of nitrogens with zero attached hydrogens (tertiary/aromatic N) is 4. The molecule has 9 nitrogen and oxygen atoms in total. The lowest BCUT2D eigenvalue weighted by molar-refractivity contribution is -0.0654. The second-order valence-electron chi connectivity index (χ2n) is 11.6. The van der Waals surface area contributed by atoms with Crippen LogP contribution in [0.4, 0.5) is 0 Å². The Bertz CT molecular complexity index is 1180. The van der Waals surface area contributed by atoms with Crippen LogP contribution in [-0.2, 0) is 20.9 Å². The summed E-state index contributed by atoms with van der Waals surface area (Å²) in [6.45, 7) is 17.9. The second kappa shape index (κ2) is 14.0. The highest BCUT2D eigenvalue weighted by atomic mass is 28.3. The van der Waals surface area contributed by atoms with Crippen molar-refractivity contribution in [1.29, 1.82) is 0 Å². The molecule has 215 valence electrons. The van der Waals surface area contributed by atoms with Crippen LogP contribution < -0.4 is 9.47 Å². The predicted octanol–water partition coefficient (Wildman–Crippen LogP) is 6.05. The first kappa shape index (κ1) is 30.7. The minimum absolute atomic E-state index is 0.161. The maximum absolute atomic E-state index is 5.96. The lowest BCUT2D eigenvalue weighted by atomic mass is 9.96. The van der Waals surface area contributed by atoms with Crippen molar-refractivity contribution in [3.05, 3.63) is 42.1 Å². The molecule has 0 unspecified atom stereocenters. The number of hydrogen-bond acceptors (Lipinski definition) is 8. The Hall–Kier alpha value is -2.79. The highest BCUT2D eigenvalue weighted by molar-refractivity contribution is 6.76. The van der Waals surface area contributed by atoms with Crippen LogP contribution in [0, 0.1) is 12.3 Å². The van der Waals surface area contributed by atoms with E-state index >= 15 is 0 Å². The highest BCUT2D eigenvalue weighted by Gasteiger charge is 2.20. The largest absolute Gasteiger partial charge is 0.477 e. The van der Waals surface area contributed by atoms with Crippen molar-refractivity contribution in [2.75, 3.05) is 40.3 Å². The first-order valence-electron chi connectivity index (χ1n) is 13.4. The number of pyridine rings is 1. The molecular formula is C29H44N4O5Si-. The van der Waals surface area contributed by atoms with Gasteiger partial charge in [0.1, 0.15) is 13.5 Å². The topological polar surface area (TPSA) is 89.8 Å². The van der Waals surface area contributed by atoms with Crippen molar-refractivity contribution in [2.45, 2.75) is 60.1 Å². The molecule has 39 heavy (non-hydrogen) atoms. The van der Waals surface area contributed by atoms with Gasteiger partial charge >= 0.3 is 6.01 Å². The predicted molar refractivity (Wildman–Crippen MR) is 156 cm³/mol. The van der Waals surface area contributed by atoms with Gasteiger partial charge in [-0.15, -0.1) is 19.2 Å². The summed E-state index contributed by atoms with van der Waals surface area (Å²) in [6, 6.07) is 13.7. The number of benzene rings is 1. The molecule has 2 heterocycles. The van der Waals surface area contributed by atoms with E-state index in [1.807, 2.05) is 38.1 Å². The first-order chi connectivity index (χ1) is 18.5. The third-order valence-electron chi connectivity index (χ3n) is 5.94. The molecule has 0 saturated carbocycles. The average Bonchev–Trinajstić information content (AvgIpc) is 3.28. The van der Waals surface area contributed by atoms with Crippen LogP contribution in [-0.4, -0.2) is 68.2 Å². The van der Waals surface area contributed by atoms with Crippen LogP contribution in [0.3, 0.4) is 0 Å². The molecule has 3 aromatic rings. The fourth-order valence-electron chi connectivity index (χ4n) is 3.73. The van der Waals surface area contributed by atoms with Crippen LogP contribution in [0.2, 0.25) is 25.7 Å². The van der Waals surface area contributed by atoms with Crippen LogP contribution in [0.5, 0.6) is 11.9 Å². The fourth-order valence-corrected chi connectivity index (χ4v) is 4.49. The third-order valence-corrected chi connectivity index (χ3v) is 7.64. The minimum atomic E-state index is -1.15. The van der Waals surface area contributed by atoms with Gasteiger partial charge in [0.2, 0.25) is 5.88 Å². The highest BCUT2D eigenvalue weighted by Crippen LogP contribution is 2.28. The normalized spacial score (nSPS) is 12.1. The molecule has 2 aromatic heterocycles.